The molecule has 0 fully saturated rings. The van der Waals surface area contributed by atoms with E-state index >= 15 is 0 Å². The van der Waals surface area contributed by atoms with Crippen LogP contribution in [0.5, 0.6) is 0 Å². The van der Waals surface area contributed by atoms with E-state index < -0.39 is 0 Å². The van der Waals surface area contributed by atoms with Gasteiger partial charge in [0.25, 0.3) is 5.91 Å². The zero-order valence-corrected chi connectivity index (χ0v) is 13.2. The predicted molar refractivity (Wildman–Crippen MR) is 85.5 cm³/mol. The normalized spacial score (nSPS) is 10.8. The van der Waals surface area contributed by atoms with Gasteiger partial charge in [0, 0.05) is 38.3 Å². The van der Waals surface area contributed by atoms with Crippen LogP contribution in [0.15, 0.2) is 30.6 Å². The van der Waals surface area contributed by atoms with Gasteiger partial charge in [-0.1, -0.05) is 17.4 Å². The second kappa shape index (κ2) is 6.10. The fourth-order valence-corrected chi connectivity index (χ4v) is 2.83. The van der Waals surface area contributed by atoms with Crippen molar-refractivity contribution in [3.8, 4) is 0 Å². The molecule has 0 aliphatic rings. The van der Waals surface area contributed by atoms with Crippen LogP contribution in [0.25, 0.3) is 4.96 Å². The van der Waals surface area contributed by atoms with Gasteiger partial charge in [-0.15, -0.1) is 10.2 Å². The van der Waals surface area contributed by atoms with Crippen LogP contribution in [0.2, 0.25) is 0 Å². The molecule has 2 heterocycles. The summed E-state index contributed by atoms with van der Waals surface area (Å²) >= 11 is 1.48. The van der Waals surface area contributed by atoms with Crippen LogP contribution >= 0.6 is 11.3 Å². The first kappa shape index (κ1) is 14.5. The third-order valence-corrected chi connectivity index (χ3v) is 4.15. The number of amides is 1. The first-order valence-corrected chi connectivity index (χ1v) is 7.66. The highest BCUT2D eigenvalue weighted by molar-refractivity contribution is 7.16. The van der Waals surface area contributed by atoms with Crippen molar-refractivity contribution in [1.82, 2.24) is 25.1 Å². The molecule has 3 aromatic rings. The van der Waals surface area contributed by atoms with Crippen molar-refractivity contribution in [2.24, 2.45) is 0 Å². The topological polar surface area (TPSA) is 75.4 Å². The van der Waals surface area contributed by atoms with Crippen LogP contribution in [0, 0.1) is 0 Å². The molecule has 1 aromatic carbocycles. The molecule has 1 amide bonds. The average Bonchev–Trinajstić information content (AvgIpc) is 3.08. The van der Waals surface area contributed by atoms with Gasteiger partial charge in [-0.05, 0) is 18.2 Å². The maximum absolute atomic E-state index is 12.2. The molecule has 0 atom stereocenters. The summed E-state index contributed by atoms with van der Waals surface area (Å²) in [4.78, 5) is 14.9. The lowest BCUT2D eigenvalue weighted by Gasteiger charge is -2.13. The van der Waals surface area contributed by atoms with E-state index in [1.54, 1.807) is 10.8 Å². The molecular weight excluding hydrogens is 300 g/mol. The summed E-state index contributed by atoms with van der Waals surface area (Å²) in [6.45, 7) is 0.537. The quantitative estimate of drug-likeness (QED) is 0.766. The molecule has 0 spiro atoms. The number of carbonyl (C=O) groups is 1. The SMILES string of the molecule is CN(C)c1cccc(C(=O)NCCc2nn3cnnc3s2)c1. The van der Waals surface area contributed by atoms with Crippen LogP contribution in [-0.4, -0.2) is 46.4 Å². The smallest absolute Gasteiger partial charge is 0.251 e. The number of nitrogens with zero attached hydrogens (tertiary/aromatic N) is 5. The molecular formula is C14H16N6OS. The number of carbonyl (C=O) groups excluding carboxylic acids is 1. The molecule has 3 rings (SSSR count). The van der Waals surface area contributed by atoms with E-state index in [0.717, 1.165) is 15.7 Å². The lowest BCUT2D eigenvalue weighted by atomic mass is 10.2. The fraction of sp³-hybridized carbons (Fsp3) is 0.286. The third kappa shape index (κ3) is 3.06. The van der Waals surface area contributed by atoms with Crippen LogP contribution in [-0.2, 0) is 6.42 Å². The van der Waals surface area contributed by atoms with Crippen molar-refractivity contribution >= 4 is 27.9 Å². The summed E-state index contributed by atoms with van der Waals surface area (Å²) in [7, 11) is 3.90. The van der Waals surface area contributed by atoms with E-state index in [1.807, 2.05) is 43.3 Å². The maximum atomic E-state index is 12.2. The molecule has 0 unspecified atom stereocenters. The lowest BCUT2D eigenvalue weighted by molar-refractivity contribution is 0.0954. The minimum Gasteiger partial charge on any atom is -0.378 e. The van der Waals surface area contributed by atoms with Crippen molar-refractivity contribution in [3.63, 3.8) is 0 Å². The Morgan fingerprint density at radius 3 is 3.05 bits per heavy atom. The number of fused-ring (bicyclic) bond motifs is 1. The Kier molecular flexibility index (Phi) is 4.01. The number of anilines is 1. The summed E-state index contributed by atoms with van der Waals surface area (Å²) in [5, 5.41) is 15.9. The molecule has 0 aliphatic heterocycles. The largest absolute Gasteiger partial charge is 0.378 e. The molecule has 0 saturated carbocycles. The Bertz CT molecular complexity index is 765. The first-order valence-electron chi connectivity index (χ1n) is 6.85. The molecule has 0 bridgehead atoms. The highest BCUT2D eigenvalue weighted by Crippen LogP contribution is 2.14. The summed E-state index contributed by atoms with van der Waals surface area (Å²) in [6.07, 6.45) is 2.24. The molecule has 0 aliphatic carbocycles. The zero-order chi connectivity index (χ0) is 15.5. The van der Waals surface area contributed by atoms with Gasteiger partial charge in [0.1, 0.15) is 11.3 Å². The van der Waals surface area contributed by atoms with E-state index in [-0.39, 0.29) is 5.91 Å². The van der Waals surface area contributed by atoms with Crippen LogP contribution in [0.3, 0.4) is 0 Å². The van der Waals surface area contributed by atoms with Crippen molar-refractivity contribution in [1.29, 1.82) is 0 Å². The van der Waals surface area contributed by atoms with E-state index in [9.17, 15) is 4.79 Å². The Labute approximate surface area is 131 Å². The summed E-state index contributed by atoms with van der Waals surface area (Å²) in [5.41, 5.74) is 1.66. The predicted octanol–water partition coefficient (Wildman–Crippen LogP) is 1.22. The number of nitrogens with one attached hydrogen (secondary N) is 1. The average molecular weight is 316 g/mol. The molecule has 2 aromatic heterocycles. The minimum atomic E-state index is -0.0771. The lowest BCUT2D eigenvalue weighted by Crippen LogP contribution is -2.26. The van der Waals surface area contributed by atoms with Gasteiger partial charge in [0.15, 0.2) is 0 Å². The van der Waals surface area contributed by atoms with Crippen molar-refractivity contribution in [2.75, 3.05) is 25.5 Å². The minimum absolute atomic E-state index is 0.0771. The monoisotopic (exact) mass is 316 g/mol. The maximum Gasteiger partial charge on any atom is 0.251 e. The number of hydrogen-bond acceptors (Lipinski definition) is 6. The Morgan fingerprint density at radius 2 is 2.27 bits per heavy atom. The van der Waals surface area contributed by atoms with Crippen LogP contribution in [0.4, 0.5) is 5.69 Å². The van der Waals surface area contributed by atoms with E-state index in [4.69, 9.17) is 0 Å². The number of aromatic nitrogens is 4. The van der Waals surface area contributed by atoms with Crippen molar-refractivity contribution in [2.45, 2.75) is 6.42 Å². The Hall–Kier alpha value is -2.48. The Morgan fingerprint density at radius 1 is 1.41 bits per heavy atom. The fourth-order valence-electron chi connectivity index (χ4n) is 2.01. The molecule has 0 saturated heterocycles. The molecule has 0 radical (unpaired) electrons. The van der Waals surface area contributed by atoms with Gasteiger partial charge < -0.3 is 10.2 Å². The van der Waals surface area contributed by atoms with Gasteiger partial charge in [0.05, 0.1) is 0 Å². The molecule has 1 N–H and O–H groups in total. The van der Waals surface area contributed by atoms with E-state index in [0.29, 0.717) is 18.5 Å². The van der Waals surface area contributed by atoms with Crippen molar-refractivity contribution in [3.05, 3.63) is 41.2 Å². The summed E-state index contributed by atoms with van der Waals surface area (Å²) in [6, 6.07) is 7.53. The number of benzene rings is 1. The second-order valence-corrected chi connectivity index (χ2v) is 6.05. The van der Waals surface area contributed by atoms with Crippen LogP contribution in [0.1, 0.15) is 15.4 Å². The van der Waals surface area contributed by atoms with Gasteiger partial charge in [-0.25, -0.2) is 0 Å². The standard InChI is InChI=1S/C14H16N6OS/c1-19(2)11-5-3-4-10(8-11)13(21)15-7-6-12-18-20-9-16-17-14(20)22-12/h3-5,8-9H,6-7H2,1-2H3,(H,15,21). The summed E-state index contributed by atoms with van der Waals surface area (Å²) < 4.78 is 1.64. The van der Waals surface area contributed by atoms with Gasteiger partial charge >= 0.3 is 0 Å². The Balaban J connectivity index is 1.58. The number of hydrogen-bond donors (Lipinski definition) is 1. The molecule has 114 valence electrons. The van der Waals surface area contributed by atoms with Gasteiger partial charge in [0.2, 0.25) is 4.96 Å². The zero-order valence-electron chi connectivity index (χ0n) is 12.4. The van der Waals surface area contributed by atoms with Crippen molar-refractivity contribution < 1.29 is 4.79 Å². The van der Waals surface area contributed by atoms with E-state index in [1.165, 1.54) is 11.3 Å². The van der Waals surface area contributed by atoms with Gasteiger partial charge in [-0.2, -0.15) is 9.61 Å². The highest BCUT2D eigenvalue weighted by atomic mass is 32.1. The first-order chi connectivity index (χ1) is 10.6. The highest BCUT2D eigenvalue weighted by Gasteiger charge is 2.08. The van der Waals surface area contributed by atoms with Crippen LogP contribution < -0.4 is 10.2 Å². The second-order valence-electron chi connectivity index (χ2n) is 5.00. The molecule has 8 heteroatoms. The van der Waals surface area contributed by atoms with E-state index in [2.05, 4.69) is 20.6 Å². The van der Waals surface area contributed by atoms with Gasteiger partial charge in [-0.3, -0.25) is 4.79 Å². The summed E-state index contributed by atoms with van der Waals surface area (Å²) in [5.74, 6) is -0.0771. The number of rotatable bonds is 5. The molecule has 22 heavy (non-hydrogen) atoms. The third-order valence-electron chi connectivity index (χ3n) is 3.18. The molecule has 7 nitrogen and oxygen atoms in total.